The fraction of sp³-hybridized carbons (Fsp3) is 0.412. The summed E-state index contributed by atoms with van der Waals surface area (Å²) in [6, 6.07) is 2.90. The molecule has 3 rings (SSSR count). The molecule has 1 fully saturated rings. The number of hydrogen-bond acceptors (Lipinski definition) is 6. The van der Waals surface area contributed by atoms with Gasteiger partial charge in [0.25, 0.3) is 11.8 Å². The highest BCUT2D eigenvalue weighted by Crippen LogP contribution is 2.24. The van der Waals surface area contributed by atoms with E-state index in [1.54, 1.807) is 23.4 Å². The first-order valence-corrected chi connectivity index (χ1v) is 8.17. The van der Waals surface area contributed by atoms with Gasteiger partial charge in [0.15, 0.2) is 5.82 Å². The van der Waals surface area contributed by atoms with E-state index >= 15 is 0 Å². The fourth-order valence-corrected chi connectivity index (χ4v) is 2.81. The number of anilines is 1. The summed E-state index contributed by atoms with van der Waals surface area (Å²) < 4.78 is 6.02. The highest BCUT2D eigenvalue weighted by atomic mass is 16.5. The minimum Gasteiger partial charge on any atom is -0.470 e. The molecule has 0 saturated carbocycles. The van der Waals surface area contributed by atoms with Gasteiger partial charge in [0.05, 0.1) is 12.1 Å². The molecule has 2 aromatic rings. The number of aromatic amines is 1. The van der Waals surface area contributed by atoms with Gasteiger partial charge in [-0.25, -0.2) is 9.97 Å². The van der Waals surface area contributed by atoms with Crippen molar-refractivity contribution in [1.29, 1.82) is 0 Å². The van der Waals surface area contributed by atoms with Gasteiger partial charge < -0.3 is 19.5 Å². The van der Waals surface area contributed by atoms with Crippen molar-refractivity contribution in [1.82, 2.24) is 19.9 Å². The van der Waals surface area contributed by atoms with E-state index in [2.05, 4.69) is 15.0 Å². The second-order valence-electron chi connectivity index (χ2n) is 6.15. The molecule has 0 bridgehead atoms. The number of carbonyl (C=O) groups excluding carboxylic acids is 1. The van der Waals surface area contributed by atoms with Crippen LogP contribution in [0.4, 0.5) is 5.82 Å². The number of rotatable bonds is 4. The summed E-state index contributed by atoms with van der Waals surface area (Å²) in [4.78, 5) is 38.4. The lowest BCUT2D eigenvalue weighted by atomic mass is 10.1. The van der Waals surface area contributed by atoms with Gasteiger partial charge in [-0.1, -0.05) is 0 Å². The Morgan fingerprint density at radius 2 is 2.12 bits per heavy atom. The zero-order chi connectivity index (χ0) is 17.8. The Kier molecular flexibility index (Phi) is 4.97. The average Bonchev–Trinajstić information content (AvgIpc) is 2.62. The van der Waals surface area contributed by atoms with E-state index in [4.69, 9.17) is 4.74 Å². The first-order chi connectivity index (χ1) is 12.0. The van der Waals surface area contributed by atoms with Crippen molar-refractivity contribution in [3.8, 4) is 5.88 Å². The Morgan fingerprint density at radius 3 is 2.84 bits per heavy atom. The smallest absolute Gasteiger partial charge is 0.257 e. The van der Waals surface area contributed by atoms with Gasteiger partial charge in [-0.2, -0.15) is 0 Å². The van der Waals surface area contributed by atoms with Crippen LogP contribution in [0.2, 0.25) is 0 Å². The molecule has 0 unspecified atom stereocenters. The zero-order valence-electron chi connectivity index (χ0n) is 14.3. The van der Waals surface area contributed by atoms with Crippen molar-refractivity contribution in [2.75, 3.05) is 32.1 Å². The summed E-state index contributed by atoms with van der Waals surface area (Å²) in [7, 11) is 3.76. The van der Waals surface area contributed by atoms with Gasteiger partial charge in [-0.15, -0.1) is 0 Å². The van der Waals surface area contributed by atoms with Crippen LogP contribution < -0.4 is 15.2 Å². The number of nitrogens with one attached hydrogen (secondary N) is 1. The lowest BCUT2D eigenvalue weighted by molar-refractivity contribution is 0.0528. The number of carbonyl (C=O) groups is 1. The molecule has 0 radical (unpaired) electrons. The van der Waals surface area contributed by atoms with E-state index in [9.17, 15) is 9.59 Å². The van der Waals surface area contributed by atoms with Crippen molar-refractivity contribution in [2.24, 2.45) is 0 Å². The van der Waals surface area contributed by atoms with E-state index in [-0.39, 0.29) is 17.6 Å². The van der Waals surface area contributed by atoms with Gasteiger partial charge in [0.1, 0.15) is 6.10 Å². The summed E-state index contributed by atoms with van der Waals surface area (Å²) >= 11 is 0. The number of pyridine rings is 1. The number of ether oxygens (including phenoxy) is 1. The molecule has 1 aliphatic heterocycles. The summed E-state index contributed by atoms with van der Waals surface area (Å²) in [5, 5.41) is 0. The van der Waals surface area contributed by atoms with Crippen LogP contribution in [-0.2, 0) is 0 Å². The summed E-state index contributed by atoms with van der Waals surface area (Å²) in [6.07, 6.45) is 6.21. The Balaban J connectivity index is 1.70. The van der Waals surface area contributed by atoms with Crippen LogP contribution in [0.15, 0.2) is 35.5 Å². The van der Waals surface area contributed by atoms with E-state index in [1.165, 1.54) is 12.3 Å². The van der Waals surface area contributed by atoms with Crippen LogP contribution in [0.3, 0.4) is 0 Å². The van der Waals surface area contributed by atoms with Crippen LogP contribution in [0, 0.1) is 0 Å². The third-order valence-electron chi connectivity index (χ3n) is 4.04. The molecule has 1 atom stereocenters. The topological polar surface area (TPSA) is 91.4 Å². The Bertz CT molecular complexity index is 784. The first kappa shape index (κ1) is 16.9. The van der Waals surface area contributed by atoms with E-state index in [0.717, 1.165) is 12.8 Å². The first-order valence-electron chi connectivity index (χ1n) is 8.17. The maximum atomic E-state index is 12.6. The van der Waals surface area contributed by atoms with Crippen molar-refractivity contribution in [3.05, 3.63) is 46.6 Å². The Morgan fingerprint density at radius 1 is 1.32 bits per heavy atom. The van der Waals surface area contributed by atoms with Crippen LogP contribution in [0.1, 0.15) is 23.2 Å². The molecule has 1 N–H and O–H groups in total. The van der Waals surface area contributed by atoms with Crippen LogP contribution in [0.25, 0.3) is 0 Å². The Hall–Kier alpha value is -2.90. The van der Waals surface area contributed by atoms with Crippen LogP contribution in [-0.4, -0.2) is 59.0 Å². The second kappa shape index (κ2) is 7.33. The Labute approximate surface area is 145 Å². The summed E-state index contributed by atoms with van der Waals surface area (Å²) in [6.45, 7) is 1.14. The maximum absolute atomic E-state index is 12.6. The molecule has 132 valence electrons. The molecular weight excluding hydrogens is 322 g/mol. The number of amides is 1. The SMILES string of the molecule is CN(C)c1nccnc1O[C@@H]1CCCN(C(=O)c2ccc(=O)[nH]c2)C1. The largest absolute Gasteiger partial charge is 0.470 e. The monoisotopic (exact) mass is 343 g/mol. The zero-order valence-corrected chi connectivity index (χ0v) is 14.3. The highest BCUT2D eigenvalue weighted by Gasteiger charge is 2.27. The predicted molar refractivity (Wildman–Crippen MR) is 93.0 cm³/mol. The molecule has 0 spiro atoms. The predicted octanol–water partition coefficient (Wildman–Crippen LogP) is 0.914. The van der Waals surface area contributed by atoms with E-state index in [1.807, 2.05) is 19.0 Å². The molecule has 2 aromatic heterocycles. The molecule has 0 aliphatic carbocycles. The van der Waals surface area contributed by atoms with E-state index < -0.39 is 0 Å². The van der Waals surface area contributed by atoms with Crippen LogP contribution in [0.5, 0.6) is 5.88 Å². The number of H-pyrrole nitrogens is 1. The minimum absolute atomic E-state index is 0.114. The number of nitrogens with zero attached hydrogens (tertiary/aromatic N) is 4. The standard InChI is InChI=1S/C17H21N5O3/c1-21(2)15-16(19-8-7-18-15)25-13-4-3-9-22(11-13)17(24)12-5-6-14(23)20-10-12/h5-8,10,13H,3-4,9,11H2,1-2H3,(H,20,23)/t13-/m1/s1. The van der Waals surface area contributed by atoms with Crippen LogP contribution >= 0.6 is 0 Å². The normalized spacial score (nSPS) is 17.2. The fourth-order valence-electron chi connectivity index (χ4n) is 2.81. The third kappa shape index (κ3) is 3.96. The van der Waals surface area contributed by atoms with Gasteiger partial charge in [0, 0.05) is 45.3 Å². The molecule has 1 amide bonds. The van der Waals surface area contributed by atoms with Gasteiger partial charge in [-0.05, 0) is 18.9 Å². The molecule has 3 heterocycles. The average molecular weight is 343 g/mol. The van der Waals surface area contributed by atoms with E-state index in [0.29, 0.717) is 30.4 Å². The van der Waals surface area contributed by atoms with Crippen molar-refractivity contribution < 1.29 is 9.53 Å². The molecule has 25 heavy (non-hydrogen) atoms. The molecule has 8 heteroatoms. The number of aromatic nitrogens is 3. The lowest BCUT2D eigenvalue weighted by Gasteiger charge is -2.33. The summed E-state index contributed by atoms with van der Waals surface area (Å²) in [5.74, 6) is 1.01. The molecule has 1 saturated heterocycles. The minimum atomic E-state index is -0.227. The van der Waals surface area contributed by atoms with Gasteiger partial charge >= 0.3 is 0 Å². The van der Waals surface area contributed by atoms with Crippen molar-refractivity contribution in [2.45, 2.75) is 18.9 Å². The number of likely N-dealkylation sites (tertiary alicyclic amines) is 1. The molecule has 1 aliphatic rings. The van der Waals surface area contributed by atoms with Gasteiger partial charge in [0.2, 0.25) is 5.56 Å². The van der Waals surface area contributed by atoms with Gasteiger partial charge in [-0.3, -0.25) is 9.59 Å². The third-order valence-corrected chi connectivity index (χ3v) is 4.04. The van der Waals surface area contributed by atoms with Crippen molar-refractivity contribution >= 4 is 11.7 Å². The number of hydrogen-bond donors (Lipinski definition) is 1. The van der Waals surface area contributed by atoms with Crippen molar-refractivity contribution in [3.63, 3.8) is 0 Å². The maximum Gasteiger partial charge on any atom is 0.257 e. The lowest BCUT2D eigenvalue weighted by Crippen LogP contribution is -2.44. The highest BCUT2D eigenvalue weighted by molar-refractivity contribution is 5.93. The molecule has 0 aromatic carbocycles. The molecular formula is C17H21N5O3. The quantitative estimate of drug-likeness (QED) is 0.887. The number of piperidine rings is 1. The summed E-state index contributed by atoms with van der Waals surface area (Å²) in [5.41, 5.74) is 0.240. The molecule has 8 nitrogen and oxygen atoms in total. The second-order valence-corrected chi connectivity index (χ2v) is 6.15.